The highest BCUT2D eigenvalue weighted by molar-refractivity contribution is 7.88. The molecule has 0 radical (unpaired) electrons. The number of carboxylic acid groups (broad SMARTS) is 1. The van der Waals surface area contributed by atoms with E-state index in [0.29, 0.717) is 17.9 Å². The first kappa shape index (κ1) is 29.7. The number of fused-ring (bicyclic) bond motifs is 1. The van der Waals surface area contributed by atoms with Gasteiger partial charge < -0.3 is 15.4 Å². The van der Waals surface area contributed by atoms with E-state index in [-0.39, 0.29) is 5.82 Å². The third kappa shape index (κ3) is 9.46. The lowest BCUT2D eigenvalue weighted by atomic mass is 10.0. The van der Waals surface area contributed by atoms with Gasteiger partial charge in [-0.2, -0.15) is 13.2 Å². The monoisotopic (exact) mass is 566 g/mol. The summed E-state index contributed by atoms with van der Waals surface area (Å²) in [4.78, 5) is 16.6. The molecule has 4 rings (SSSR count). The predicted molar refractivity (Wildman–Crippen MR) is 140 cm³/mol. The van der Waals surface area contributed by atoms with Gasteiger partial charge in [0.25, 0.3) is 0 Å². The highest BCUT2D eigenvalue weighted by Gasteiger charge is 2.38. The van der Waals surface area contributed by atoms with Gasteiger partial charge in [0.2, 0.25) is 10.0 Å². The van der Waals surface area contributed by atoms with Gasteiger partial charge in [-0.1, -0.05) is 48.5 Å². The third-order valence-corrected chi connectivity index (χ3v) is 6.08. The molecule has 0 saturated carbocycles. The quantitative estimate of drug-likeness (QED) is 0.172. The zero-order valence-corrected chi connectivity index (χ0v) is 21.5. The molecule has 0 fully saturated rings. The third-order valence-electron chi connectivity index (χ3n) is 5.36. The smallest absolute Gasteiger partial charge is 0.475 e. The van der Waals surface area contributed by atoms with Crippen LogP contribution in [-0.4, -0.2) is 55.0 Å². The molecule has 0 atom stereocenters. The molecule has 3 aromatic carbocycles. The molecule has 39 heavy (non-hydrogen) atoms. The Kier molecular flexibility index (Phi) is 9.78. The molecule has 4 aromatic rings. The molecule has 0 spiro atoms. The Morgan fingerprint density at radius 3 is 2.08 bits per heavy atom. The normalized spacial score (nSPS) is 11.7. The van der Waals surface area contributed by atoms with Crippen LogP contribution in [-0.2, 0) is 21.4 Å². The fourth-order valence-corrected chi connectivity index (χ4v) is 3.97. The molecule has 0 saturated heterocycles. The van der Waals surface area contributed by atoms with Crippen LogP contribution < -0.4 is 10.0 Å². The summed E-state index contributed by atoms with van der Waals surface area (Å²) in [6, 6.07) is 21.0. The van der Waals surface area contributed by atoms with E-state index < -0.39 is 22.2 Å². The summed E-state index contributed by atoms with van der Waals surface area (Å²) in [5.41, 5.74) is 5.74. The van der Waals surface area contributed by atoms with Crippen LogP contribution in [0.1, 0.15) is 12.0 Å². The Bertz CT molecular complexity index is 1500. The number of nitrogens with zero attached hydrogens (tertiary/aromatic N) is 1. The highest BCUT2D eigenvalue weighted by atomic mass is 32.2. The zero-order valence-electron chi connectivity index (χ0n) is 20.7. The van der Waals surface area contributed by atoms with Gasteiger partial charge in [0.15, 0.2) is 0 Å². The Labute approximate surface area is 222 Å². The number of carboxylic acids is 1. The van der Waals surface area contributed by atoms with Gasteiger partial charge in [-0.05, 0) is 47.9 Å². The van der Waals surface area contributed by atoms with Crippen molar-refractivity contribution >= 4 is 27.0 Å². The van der Waals surface area contributed by atoms with Crippen LogP contribution in [0.3, 0.4) is 0 Å². The number of halogens is 4. The van der Waals surface area contributed by atoms with Gasteiger partial charge in [0, 0.05) is 18.7 Å². The summed E-state index contributed by atoms with van der Waals surface area (Å²) in [6.07, 6.45) is -3.19. The number of benzene rings is 3. The number of carbonyl (C=O) groups is 1. The number of alkyl halides is 3. The van der Waals surface area contributed by atoms with Gasteiger partial charge in [0.05, 0.1) is 17.3 Å². The van der Waals surface area contributed by atoms with E-state index in [0.717, 1.165) is 53.5 Å². The van der Waals surface area contributed by atoms with Gasteiger partial charge in [-0.15, -0.1) is 0 Å². The summed E-state index contributed by atoms with van der Waals surface area (Å²) >= 11 is 0. The van der Waals surface area contributed by atoms with Crippen LogP contribution in [0, 0.1) is 5.82 Å². The van der Waals surface area contributed by atoms with Crippen molar-refractivity contribution < 1.29 is 35.9 Å². The molecule has 1 heterocycles. The van der Waals surface area contributed by atoms with E-state index in [2.05, 4.69) is 44.3 Å². The Morgan fingerprint density at radius 1 is 0.949 bits per heavy atom. The molecule has 0 aliphatic rings. The molecule has 4 N–H and O–H groups in total. The highest BCUT2D eigenvalue weighted by Crippen LogP contribution is 2.25. The van der Waals surface area contributed by atoms with E-state index in [1.165, 1.54) is 12.1 Å². The molecule has 0 unspecified atom stereocenters. The van der Waals surface area contributed by atoms with Crippen LogP contribution in [0.4, 0.5) is 17.6 Å². The van der Waals surface area contributed by atoms with Crippen LogP contribution in [0.5, 0.6) is 0 Å². The molecule has 0 bridgehead atoms. The summed E-state index contributed by atoms with van der Waals surface area (Å²) in [7, 11) is -3.12. The maximum atomic E-state index is 13.4. The topological polar surface area (TPSA) is 124 Å². The van der Waals surface area contributed by atoms with Crippen molar-refractivity contribution in [3.05, 3.63) is 78.1 Å². The molecule has 1 aromatic heterocycles. The number of H-pyrrole nitrogens is 1. The second kappa shape index (κ2) is 12.8. The van der Waals surface area contributed by atoms with E-state index >= 15 is 0 Å². The number of sulfonamides is 1. The second-order valence-electron chi connectivity index (χ2n) is 8.52. The van der Waals surface area contributed by atoms with E-state index in [9.17, 15) is 26.0 Å². The first-order chi connectivity index (χ1) is 18.3. The van der Waals surface area contributed by atoms with Crippen molar-refractivity contribution in [3.63, 3.8) is 0 Å². The van der Waals surface area contributed by atoms with Crippen molar-refractivity contribution in [3.8, 4) is 22.5 Å². The fraction of sp³-hybridized carbons (Fsp3) is 0.231. The molecule has 208 valence electrons. The number of aromatic nitrogens is 2. The van der Waals surface area contributed by atoms with Gasteiger partial charge in [-0.25, -0.2) is 27.3 Å². The van der Waals surface area contributed by atoms with E-state index in [1.807, 2.05) is 24.3 Å². The maximum Gasteiger partial charge on any atom is 0.490 e. The van der Waals surface area contributed by atoms with Crippen molar-refractivity contribution in [1.29, 1.82) is 0 Å². The van der Waals surface area contributed by atoms with Crippen molar-refractivity contribution in [2.24, 2.45) is 0 Å². The van der Waals surface area contributed by atoms with E-state index in [4.69, 9.17) is 9.90 Å². The minimum Gasteiger partial charge on any atom is -0.475 e. The standard InChI is InChI=1S/C24H25FN4O2S.C2HF3O2/c1-32(30,31)27-14-2-13-26-16-17-3-5-18(6-4-17)19-7-9-20(10-8-19)24-28-22-12-11-21(25)15-23(22)29-24;3-2(4,5)1(6)7/h3-12,15,26-27H,2,13-14,16H2,1H3,(H,28,29);(H,6,7). The van der Waals surface area contributed by atoms with E-state index in [1.54, 1.807) is 6.07 Å². The van der Waals surface area contributed by atoms with Crippen molar-refractivity contribution in [2.75, 3.05) is 19.3 Å². The van der Waals surface area contributed by atoms with Gasteiger partial charge in [-0.3, -0.25) is 0 Å². The number of imidazole rings is 1. The number of hydrogen-bond donors (Lipinski definition) is 4. The number of aromatic amines is 1. The summed E-state index contributed by atoms with van der Waals surface area (Å²) < 4.78 is 69.7. The van der Waals surface area contributed by atoms with Gasteiger partial charge in [0.1, 0.15) is 11.6 Å². The van der Waals surface area contributed by atoms with Gasteiger partial charge >= 0.3 is 12.1 Å². The van der Waals surface area contributed by atoms with Crippen LogP contribution in [0.15, 0.2) is 66.7 Å². The van der Waals surface area contributed by atoms with Crippen molar-refractivity contribution in [2.45, 2.75) is 19.1 Å². The predicted octanol–water partition coefficient (Wildman–Crippen LogP) is 4.70. The van der Waals surface area contributed by atoms with Crippen molar-refractivity contribution in [1.82, 2.24) is 20.0 Å². The molecule has 0 amide bonds. The first-order valence-corrected chi connectivity index (χ1v) is 13.5. The fourth-order valence-electron chi connectivity index (χ4n) is 3.46. The Hall–Kier alpha value is -3.81. The molecular formula is C26H26F4N4O4S. The number of aliphatic carboxylic acids is 1. The number of hydrogen-bond acceptors (Lipinski definition) is 5. The average molecular weight is 567 g/mol. The van der Waals surface area contributed by atoms with Crippen LogP contribution >= 0.6 is 0 Å². The average Bonchev–Trinajstić information content (AvgIpc) is 3.29. The van der Waals surface area contributed by atoms with Crippen LogP contribution in [0.2, 0.25) is 0 Å². The molecule has 8 nitrogen and oxygen atoms in total. The lowest BCUT2D eigenvalue weighted by molar-refractivity contribution is -0.192. The Morgan fingerprint density at radius 2 is 1.51 bits per heavy atom. The summed E-state index contributed by atoms with van der Waals surface area (Å²) in [5.74, 6) is -2.33. The molecule has 0 aliphatic heterocycles. The minimum atomic E-state index is -5.08. The Balaban J connectivity index is 0.000000532. The first-order valence-electron chi connectivity index (χ1n) is 11.6. The number of nitrogens with one attached hydrogen (secondary N) is 3. The minimum absolute atomic E-state index is 0.286. The lowest BCUT2D eigenvalue weighted by Crippen LogP contribution is -2.26. The number of rotatable bonds is 9. The zero-order chi connectivity index (χ0) is 28.6. The van der Waals surface area contributed by atoms with Crippen LogP contribution in [0.25, 0.3) is 33.5 Å². The molecule has 13 heteroatoms. The summed E-state index contributed by atoms with van der Waals surface area (Å²) in [5, 5.41) is 10.4. The summed E-state index contributed by atoms with van der Waals surface area (Å²) in [6.45, 7) is 1.90. The largest absolute Gasteiger partial charge is 0.490 e. The molecule has 0 aliphatic carbocycles. The maximum absolute atomic E-state index is 13.4. The molecular weight excluding hydrogens is 540 g/mol. The SMILES string of the molecule is CS(=O)(=O)NCCCNCc1ccc(-c2ccc(-c3nc4ccc(F)cc4[nH]3)cc2)cc1.O=C(O)C(F)(F)F. The second-order valence-corrected chi connectivity index (χ2v) is 10.4. The lowest BCUT2D eigenvalue weighted by Gasteiger charge is -2.07.